The highest BCUT2D eigenvalue weighted by atomic mass is 19.1. The maximum Gasteiger partial charge on any atom is 0.270 e. The molecule has 1 aromatic heterocycles. The maximum atomic E-state index is 13.2. The molecule has 2 aromatic rings. The summed E-state index contributed by atoms with van der Waals surface area (Å²) in [6.07, 6.45) is -0.682. The van der Waals surface area contributed by atoms with Gasteiger partial charge in [-0.1, -0.05) is 12.1 Å². The van der Waals surface area contributed by atoms with Crippen molar-refractivity contribution in [3.8, 4) is 5.75 Å². The number of pyridine rings is 1. The van der Waals surface area contributed by atoms with Gasteiger partial charge in [0, 0.05) is 12.3 Å². The predicted molar refractivity (Wildman–Crippen MR) is 92.3 cm³/mol. The first kappa shape index (κ1) is 18.3. The molecular weight excluding hydrogens is 339 g/mol. The number of carbonyl (C=O) groups excluding carboxylic acids is 1. The smallest absolute Gasteiger partial charge is 0.270 e. The number of hydrogen-bond acceptors (Lipinski definition) is 5. The van der Waals surface area contributed by atoms with Gasteiger partial charge in [0.05, 0.1) is 6.04 Å². The largest absolute Gasteiger partial charge is 0.488 e. The molecule has 0 bridgehead atoms. The third-order valence-electron chi connectivity index (χ3n) is 4.45. The first-order chi connectivity index (χ1) is 12.4. The highest BCUT2D eigenvalue weighted by Gasteiger charge is 2.39. The van der Waals surface area contributed by atoms with Crippen LogP contribution in [0.15, 0.2) is 42.6 Å². The summed E-state index contributed by atoms with van der Waals surface area (Å²) in [6.45, 7) is 1.87. The van der Waals surface area contributed by atoms with Crippen molar-refractivity contribution in [1.82, 2.24) is 10.3 Å². The minimum Gasteiger partial charge on any atom is -0.488 e. The normalized spacial score (nSPS) is 25.5. The minimum atomic E-state index is -1.21. The van der Waals surface area contributed by atoms with Crippen molar-refractivity contribution >= 4 is 5.91 Å². The minimum absolute atomic E-state index is 0.246. The molecule has 1 heterocycles. The van der Waals surface area contributed by atoms with Gasteiger partial charge < -0.3 is 20.3 Å². The number of benzene rings is 1. The Morgan fingerprint density at radius 1 is 1.23 bits per heavy atom. The summed E-state index contributed by atoms with van der Waals surface area (Å²) < 4.78 is 18.8. The second-order valence-corrected chi connectivity index (χ2v) is 6.47. The van der Waals surface area contributed by atoms with E-state index in [2.05, 4.69) is 10.3 Å². The fourth-order valence-electron chi connectivity index (χ4n) is 2.99. The molecule has 1 aliphatic rings. The molecule has 4 atom stereocenters. The Bertz CT molecular complexity index is 768. The number of rotatable bonds is 4. The standard InChI is InChI=1S/C19H21FN2O4/c1-11-5-6-15(21-10-11)19(25)22-14-7-8-16(18(24)17(14)23)26-13-4-2-3-12(20)9-13/h2-6,9-10,14,16-18,23-24H,7-8H2,1H3,(H,22,25)/t14-,16-,17+,18+/m1/s1. The molecule has 1 fully saturated rings. The van der Waals surface area contributed by atoms with Crippen molar-refractivity contribution in [3.05, 3.63) is 59.7 Å². The first-order valence-corrected chi connectivity index (χ1v) is 8.46. The van der Waals surface area contributed by atoms with Crippen LogP contribution in [-0.2, 0) is 0 Å². The Morgan fingerprint density at radius 2 is 2.04 bits per heavy atom. The van der Waals surface area contributed by atoms with Crippen LogP contribution in [0, 0.1) is 12.7 Å². The van der Waals surface area contributed by atoms with E-state index in [1.54, 1.807) is 24.4 Å². The lowest BCUT2D eigenvalue weighted by atomic mass is 9.87. The summed E-state index contributed by atoms with van der Waals surface area (Å²) in [6, 6.07) is 8.36. The SMILES string of the molecule is Cc1ccc(C(=O)N[C@@H]2CC[C@@H](Oc3cccc(F)c3)[C@H](O)[C@H]2O)nc1. The molecule has 1 aliphatic carbocycles. The Kier molecular flexibility index (Phi) is 5.49. The maximum absolute atomic E-state index is 13.2. The first-order valence-electron chi connectivity index (χ1n) is 8.46. The van der Waals surface area contributed by atoms with Gasteiger partial charge in [-0.25, -0.2) is 4.39 Å². The van der Waals surface area contributed by atoms with Crippen LogP contribution in [0.25, 0.3) is 0 Å². The van der Waals surface area contributed by atoms with Crippen molar-refractivity contribution in [2.75, 3.05) is 0 Å². The number of amides is 1. The van der Waals surface area contributed by atoms with Crippen LogP contribution in [0.5, 0.6) is 5.75 Å². The van der Waals surface area contributed by atoms with Gasteiger partial charge in [0.25, 0.3) is 5.91 Å². The van der Waals surface area contributed by atoms with E-state index in [9.17, 15) is 19.4 Å². The van der Waals surface area contributed by atoms with Crippen LogP contribution in [0.4, 0.5) is 4.39 Å². The lowest BCUT2D eigenvalue weighted by molar-refractivity contribution is -0.0875. The Balaban J connectivity index is 1.61. The topological polar surface area (TPSA) is 91.7 Å². The van der Waals surface area contributed by atoms with Gasteiger partial charge in [0.1, 0.15) is 35.6 Å². The monoisotopic (exact) mass is 360 g/mol. The summed E-state index contributed by atoms with van der Waals surface area (Å²) in [5, 5.41) is 23.4. The van der Waals surface area contributed by atoms with E-state index in [-0.39, 0.29) is 11.4 Å². The summed E-state index contributed by atoms with van der Waals surface area (Å²) in [4.78, 5) is 16.3. The van der Waals surface area contributed by atoms with E-state index in [0.717, 1.165) is 5.56 Å². The Labute approximate surface area is 150 Å². The zero-order valence-electron chi connectivity index (χ0n) is 14.3. The van der Waals surface area contributed by atoms with Gasteiger partial charge >= 0.3 is 0 Å². The number of ether oxygens (including phenoxy) is 1. The fourth-order valence-corrected chi connectivity index (χ4v) is 2.99. The zero-order chi connectivity index (χ0) is 18.7. The van der Waals surface area contributed by atoms with Crippen molar-refractivity contribution in [2.24, 2.45) is 0 Å². The van der Waals surface area contributed by atoms with Crippen LogP contribution in [0.1, 0.15) is 28.9 Å². The molecule has 26 heavy (non-hydrogen) atoms. The highest BCUT2D eigenvalue weighted by molar-refractivity contribution is 5.92. The van der Waals surface area contributed by atoms with Crippen LogP contribution in [0.3, 0.4) is 0 Å². The molecule has 0 radical (unpaired) electrons. The van der Waals surface area contributed by atoms with Crippen molar-refractivity contribution in [2.45, 2.75) is 44.1 Å². The molecule has 1 aromatic carbocycles. The number of aliphatic hydroxyl groups is 2. The van der Waals surface area contributed by atoms with E-state index in [0.29, 0.717) is 12.8 Å². The third kappa shape index (κ3) is 4.17. The Hall–Kier alpha value is -2.51. The zero-order valence-corrected chi connectivity index (χ0v) is 14.3. The van der Waals surface area contributed by atoms with E-state index in [4.69, 9.17) is 4.74 Å². The summed E-state index contributed by atoms with van der Waals surface area (Å²) in [5.74, 6) is -0.567. The second kappa shape index (κ2) is 7.80. The number of nitrogens with zero attached hydrogens (tertiary/aromatic N) is 1. The number of aromatic nitrogens is 1. The highest BCUT2D eigenvalue weighted by Crippen LogP contribution is 2.25. The van der Waals surface area contributed by atoms with Gasteiger partial charge in [0.15, 0.2) is 0 Å². The number of carbonyl (C=O) groups is 1. The molecular formula is C19H21FN2O4. The number of aryl methyl sites for hydroxylation is 1. The molecule has 6 nitrogen and oxygen atoms in total. The molecule has 0 spiro atoms. The molecule has 0 unspecified atom stereocenters. The quantitative estimate of drug-likeness (QED) is 0.770. The second-order valence-electron chi connectivity index (χ2n) is 6.47. The molecule has 7 heteroatoms. The Morgan fingerprint density at radius 3 is 2.73 bits per heavy atom. The molecule has 0 aliphatic heterocycles. The van der Waals surface area contributed by atoms with Gasteiger partial charge in [-0.15, -0.1) is 0 Å². The molecule has 1 saturated carbocycles. The van der Waals surface area contributed by atoms with E-state index < -0.39 is 36.1 Å². The van der Waals surface area contributed by atoms with Crippen LogP contribution in [0.2, 0.25) is 0 Å². The molecule has 3 rings (SSSR count). The average Bonchev–Trinajstić information content (AvgIpc) is 2.62. The van der Waals surface area contributed by atoms with E-state index in [1.807, 2.05) is 6.92 Å². The van der Waals surface area contributed by atoms with Gasteiger partial charge in [-0.3, -0.25) is 9.78 Å². The summed E-state index contributed by atoms with van der Waals surface area (Å²) in [7, 11) is 0. The van der Waals surface area contributed by atoms with Gasteiger partial charge in [0.2, 0.25) is 0 Å². The van der Waals surface area contributed by atoms with Crippen LogP contribution < -0.4 is 10.1 Å². The molecule has 138 valence electrons. The van der Waals surface area contributed by atoms with E-state index >= 15 is 0 Å². The molecule has 1 amide bonds. The van der Waals surface area contributed by atoms with Crippen molar-refractivity contribution in [3.63, 3.8) is 0 Å². The van der Waals surface area contributed by atoms with Crippen molar-refractivity contribution < 1.29 is 24.1 Å². The van der Waals surface area contributed by atoms with Crippen LogP contribution in [-0.4, -0.2) is 45.5 Å². The van der Waals surface area contributed by atoms with Crippen LogP contribution >= 0.6 is 0 Å². The lowest BCUT2D eigenvalue weighted by Crippen LogP contribution is -2.57. The average molecular weight is 360 g/mol. The number of nitrogens with one attached hydrogen (secondary N) is 1. The van der Waals surface area contributed by atoms with Gasteiger partial charge in [-0.05, 0) is 43.5 Å². The lowest BCUT2D eigenvalue weighted by Gasteiger charge is -2.37. The van der Waals surface area contributed by atoms with Gasteiger partial charge in [-0.2, -0.15) is 0 Å². The molecule has 0 saturated heterocycles. The predicted octanol–water partition coefficient (Wildman–Crippen LogP) is 1.59. The number of halogens is 1. The van der Waals surface area contributed by atoms with Crippen molar-refractivity contribution in [1.29, 1.82) is 0 Å². The summed E-state index contributed by atoms with van der Waals surface area (Å²) >= 11 is 0. The number of hydrogen-bond donors (Lipinski definition) is 3. The third-order valence-corrected chi connectivity index (χ3v) is 4.45. The number of aliphatic hydroxyl groups excluding tert-OH is 2. The van der Waals surface area contributed by atoms with E-state index in [1.165, 1.54) is 18.2 Å². The fraction of sp³-hybridized carbons (Fsp3) is 0.368. The summed E-state index contributed by atoms with van der Waals surface area (Å²) in [5.41, 5.74) is 1.18. The molecule has 3 N–H and O–H groups in total.